The number of rotatable bonds is 8. The zero-order valence-corrected chi connectivity index (χ0v) is 16.4. The maximum Gasteiger partial charge on any atom is 0.339 e. The normalized spacial score (nSPS) is 20.6. The molecule has 1 aliphatic heterocycles. The summed E-state index contributed by atoms with van der Waals surface area (Å²) in [5.41, 5.74) is 2.61. The van der Waals surface area contributed by atoms with E-state index >= 15 is 0 Å². The van der Waals surface area contributed by atoms with Crippen LogP contribution in [-0.2, 0) is 15.1 Å². The van der Waals surface area contributed by atoms with Gasteiger partial charge in [-0.1, -0.05) is 68.3 Å². The van der Waals surface area contributed by atoms with E-state index in [0.29, 0.717) is 5.56 Å². The third-order valence-corrected chi connectivity index (χ3v) is 5.30. The van der Waals surface area contributed by atoms with E-state index in [2.05, 4.69) is 13.5 Å². The minimum Gasteiger partial charge on any atom is -0.443 e. The minimum atomic E-state index is -0.939. The predicted octanol–water partition coefficient (Wildman–Crippen LogP) is 5.56. The number of hydrogen-bond acceptors (Lipinski definition) is 3. The van der Waals surface area contributed by atoms with Crippen LogP contribution in [0.2, 0.25) is 0 Å². The summed E-state index contributed by atoms with van der Waals surface area (Å²) >= 11 is 0. The van der Waals surface area contributed by atoms with Crippen LogP contribution in [0.15, 0.2) is 61.2 Å². The Morgan fingerprint density at radius 2 is 1.93 bits per heavy atom. The highest BCUT2D eigenvalue weighted by molar-refractivity contribution is 5.96. The van der Waals surface area contributed by atoms with Crippen LogP contribution in [0.1, 0.15) is 60.2 Å². The molecule has 0 saturated carbocycles. The molecule has 0 aromatic heterocycles. The van der Waals surface area contributed by atoms with E-state index in [9.17, 15) is 4.79 Å². The fourth-order valence-electron chi connectivity index (χ4n) is 3.96. The van der Waals surface area contributed by atoms with E-state index in [1.807, 2.05) is 62.4 Å². The monoisotopic (exact) mass is 364 g/mol. The second-order valence-corrected chi connectivity index (χ2v) is 7.20. The number of hydrogen-bond donors (Lipinski definition) is 0. The lowest BCUT2D eigenvalue weighted by atomic mass is 9.77. The van der Waals surface area contributed by atoms with E-state index in [4.69, 9.17) is 9.47 Å². The van der Waals surface area contributed by atoms with Crippen LogP contribution in [-0.4, -0.2) is 18.2 Å². The summed E-state index contributed by atoms with van der Waals surface area (Å²) in [6.07, 6.45) is 4.18. The summed E-state index contributed by atoms with van der Waals surface area (Å²) < 4.78 is 12.6. The standard InChI is InChI=1S/C24H28O3/c1-5-7-16-21(26-18(4)6-2)24(19-13-9-8-10-14-19)22-17(3)12-11-15-20(22)23(25)27-24/h6,8-15,18,21H,2,5,7,16H2,1,3-4H3. The van der Waals surface area contributed by atoms with Crippen LogP contribution in [0.25, 0.3) is 0 Å². The number of fused-ring (bicyclic) bond motifs is 1. The fourth-order valence-corrected chi connectivity index (χ4v) is 3.96. The highest BCUT2D eigenvalue weighted by Gasteiger charge is 2.54. The van der Waals surface area contributed by atoms with Crippen LogP contribution >= 0.6 is 0 Å². The third-order valence-electron chi connectivity index (χ3n) is 5.30. The molecule has 3 atom stereocenters. The van der Waals surface area contributed by atoms with Crippen molar-refractivity contribution in [3.05, 3.63) is 83.4 Å². The first kappa shape index (κ1) is 19.4. The molecule has 0 saturated heterocycles. The minimum absolute atomic E-state index is 0.140. The Bertz CT molecular complexity index is 812. The molecule has 0 spiro atoms. The zero-order valence-electron chi connectivity index (χ0n) is 16.4. The number of esters is 1. The summed E-state index contributed by atoms with van der Waals surface area (Å²) in [5, 5.41) is 0. The molecule has 0 aliphatic carbocycles. The number of carbonyl (C=O) groups excluding carboxylic acids is 1. The molecule has 2 aromatic rings. The molecule has 3 nitrogen and oxygen atoms in total. The molecule has 3 heteroatoms. The number of benzene rings is 2. The lowest BCUT2D eigenvalue weighted by Gasteiger charge is -2.39. The van der Waals surface area contributed by atoms with Gasteiger partial charge in [0.15, 0.2) is 5.60 Å². The summed E-state index contributed by atoms with van der Waals surface area (Å²) in [6.45, 7) is 10.0. The largest absolute Gasteiger partial charge is 0.443 e. The van der Waals surface area contributed by atoms with Gasteiger partial charge in [0, 0.05) is 11.1 Å². The number of cyclic esters (lactones) is 1. The zero-order chi connectivity index (χ0) is 19.4. The summed E-state index contributed by atoms with van der Waals surface area (Å²) in [4.78, 5) is 12.8. The van der Waals surface area contributed by atoms with E-state index in [0.717, 1.165) is 36.0 Å². The molecule has 3 unspecified atom stereocenters. The van der Waals surface area contributed by atoms with Gasteiger partial charge in [0.25, 0.3) is 0 Å². The molecule has 1 aliphatic rings. The molecule has 0 fully saturated rings. The predicted molar refractivity (Wildman–Crippen MR) is 108 cm³/mol. The fraction of sp³-hybridized carbons (Fsp3) is 0.375. The van der Waals surface area contributed by atoms with Gasteiger partial charge in [0.05, 0.1) is 11.7 Å². The van der Waals surface area contributed by atoms with E-state index in [1.165, 1.54) is 0 Å². The van der Waals surface area contributed by atoms with Gasteiger partial charge in [-0.3, -0.25) is 0 Å². The van der Waals surface area contributed by atoms with Crippen LogP contribution in [0.4, 0.5) is 0 Å². The molecule has 3 rings (SSSR count). The second-order valence-electron chi connectivity index (χ2n) is 7.20. The van der Waals surface area contributed by atoms with Crippen molar-refractivity contribution in [1.82, 2.24) is 0 Å². The first-order chi connectivity index (χ1) is 13.0. The van der Waals surface area contributed by atoms with Crippen molar-refractivity contribution in [2.24, 2.45) is 0 Å². The quantitative estimate of drug-likeness (QED) is 0.454. The topological polar surface area (TPSA) is 35.5 Å². The average molecular weight is 364 g/mol. The van der Waals surface area contributed by atoms with Gasteiger partial charge in [-0.2, -0.15) is 0 Å². The Balaban J connectivity index is 2.24. The Hall–Kier alpha value is -2.39. The van der Waals surface area contributed by atoms with Crippen LogP contribution in [0, 0.1) is 6.92 Å². The molecule has 27 heavy (non-hydrogen) atoms. The average Bonchev–Trinajstić information content (AvgIpc) is 3.00. The van der Waals surface area contributed by atoms with Gasteiger partial charge in [-0.05, 0) is 31.9 Å². The van der Waals surface area contributed by atoms with Crippen LogP contribution in [0.5, 0.6) is 0 Å². The molecule has 0 amide bonds. The molecule has 0 radical (unpaired) electrons. The molecule has 1 heterocycles. The molecule has 0 bridgehead atoms. The Morgan fingerprint density at radius 1 is 1.19 bits per heavy atom. The van der Waals surface area contributed by atoms with Crippen molar-refractivity contribution in [3.8, 4) is 0 Å². The van der Waals surface area contributed by atoms with E-state index in [-0.39, 0.29) is 18.2 Å². The summed E-state index contributed by atoms with van der Waals surface area (Å²) in [5.74, 6) is -0.283. The first-order valence-electron chi connectivity index (χ1n) is 9.71. The van der Waals surface area contributed by atoms with Crippen molar-refractivity contribution in [1.29, 1.82) is 0 Å². The first-order valence-corrected chi connectivity index (χ1v) is 9.71. The van der Waals surface area contributed by atoms with Crippen molar-refractivity contribution in [2.45, 2.75) is 57.8 Å². The van der Waals surface area contributed by atoms with Crippen molar-refractivity contribution in [2.75, 3.05) is 0 Å². The Labute approximate surface area is 162 Å². The van der Waals surface area contributed by atoms with Gasteiger partial charge < -0.3 is 9.47 Å². The van der Waals surface area contributed by atoms with Crippen molar-refractivity contribution >= 4 is 5.97 Å². The molecule has 142 valence electrons. The molecular weight excluding hydrogens is 336 g/mol. The molecular formula is C24H28O3. The number of aryl methyl sites for hydroxylation is 1. The Kier molecular flexibility index (Phi) is 5.81. The summed E-state index contributed by atoms with van der Waals surface area (Å²) in [6, 6.07) is 15.8. The number of unbranched alkanes of at least 4 members (excludes halogenated alkanes) is 1. The number of carbonyl (C=O) groups is 1. The second kappa shape index (κ2) is 8.10. The molecule has 0 N–H and O–H groups in total. The maximum absolute atomic E-state index is 12.8. The van der Waals surface area contributed by atoms with Crippen LogP contribution in [0.3, 0.4) is 0 Å². The highest BCUT2D eigenvalue weighted by Crippen LogP contribution is 2.48. The van der Waals surface area contributed by atoms with Crippen LogP contribution < -0.4 is 0 Å². The number of ether oxygens (including phenoxy) is 2. The third kappa shape index (κ3) is 3.44. The van der Waals surface area contributed by atoms with E-state index < -0.39 is 5.60 Å². The van der Waals surface area contributed by atoms with Crippen molar-refractivity contribution in [3.63, 3.8) is 0 Å². The van der Waals surface area contributed by atoms with Gasteiger partial charge >= 0.3 is 5.97 Å². The lowest BCUT2D eigenvalue weighted by Crippen LogP contribution is -2.44. The molecule has 2 aromatic carbocycles. The Morgan fingerprint density at radius 3 is 2.59 bits per heavy atom. The van der Waals surface area contributed by atoms with E-state index in [1.54, 1.807) is 6.08 Å². The summed E-state index contributed by atoms with van der Waals surface area (Å²) in [7, 11) is 0. The van der Waals surface area contributed by atoms with Crippen molar-refractivity contribution < 1.29 is 14.3 Å². The van der Waals surface area contributed by atoms with Gasteiger partial charge in [-0.15, -0.1) is 6.58 Å². The SMILES string of the molecule is C=CC(C)OC(CCCC)C1(c2ccccc2)OC(=O)c2cccc(C)c21. The van der Waals surface area contributed by atoms with Gasteiger partial charge in [0.1, 0.15) is 6.10 Å². The highest BCUT2D eigenvalue weighted by atomic mass is 16.6. The van der Waals surface area contributed by atoms with Gasteiger partial charge in [-0.25, -0.2) is 4.79 Å². The smallest absolute Gasteiger partial charge is 0.339 e. The maximum atomic E-state index is 12.8. The lowest BCUT2D eigenvalue weighted by molar-refractivity contribution is -0.108. The van der Waals surface area contributed by atoms with Gasteiger partial charge in [0.2, 0.25) is 0 Å².